The van der Waals surface area contributed by atoms with Crippen LogP contribution in [-0.2, 0) is 9.53 Å². The molecule has 2 atom stereocenters. The first-order valence-corrected chi connectivity index (χ1v) is 8.49. The lowest BCUT2D eigenvalue weighted by Crippen LogP contribution is -2.43. The van der Waals surface area contributed by atoms with Crippen molar-refractivity contribution in [3.05, 3.63) is 49.1 Å². The molecule has 2 rings (SSSR count). The topological polar surface area (TPSA) is 53.4 Å². The van der Waals surface area contributed by atoms with E-state index in [-0.39, 0.29) is 11.4 Å². The maximum absolute atomic E-state index is 12.5. The summed E-state index contributed by atoms with van der Waals surface area (Å²) in [5.74, 6) is 0.455. The van der Waals surface area contributed by atoms with Crippen molar-refractivity contribution >= 4 is 5.97 Å². The van der Waals surface area contributed by atoms with Gasteiger partial charge in [0.2, 0.25) is 6.23 Å². The van der Waals surface area contributed by atoms with Gasteiger partial charge in [-0.15, -0.1) is 0 Å². The zero-order valence-electron chi connectivity index (χ0n) is 15.9. The van der Waals surface area contributed by atoms with Crippen molar-refractivity contribution in [3.8, 4) is 5.75 Å². The van der Waals surface area contributed by atoms with Crippen molar-refractivity contribution in [1.29, 1.82) is 0 Å². The fraction of sp³-hybridized carbons (Fsp3) is 0.500. The van der Waals surface area contributed by atoms with Crippen LogP contribution >= 0.6 is 0 Å². The third-order valence-electron chi connectivity index (χ3n) is 3.78. The summed E-state index contributed by atoms with van der Waals surface area (Å²) >= 11 is 0. The van der Waals surface area contributed by atoms with Gasteiger partial charge in [0.25, 0.3) is 0 Å². The van der Waals surface area contributed by atoms with Crippen LogP contribution in [0.3, 0.4) is 0 Å². The van der Waals surface area contributed by atoms with E-state index >= 15 is 0 Å². The van der Waals surface area contributed by atoms with Gasteiger partial charge in [-0.2, -0.15) is 0 Å². The first-order chi connectivity index (χ1) is 11.6. The highest BCUT2D eigenvalue weighted by Gasteiger charge is 2.40. The van der Waals surface area contributed by atoms with E-state index < -0.39 is 17.7 Å². The molecular formula is C20H28N2O3. The lowest BCUT2D eigenvalue weighted by Gasteiger charge is -2.38. The Hall–Kier alpha value is -2.30. The number of rotatable bonds is 5. The summed E-state index contributed by atoms with van der Waals surface area (Å²) in [6.45, 7) is 11.6. The molecular weight excluding hydrogens is 316 g/mol. The van der Waals surface area contributed by atoms with E-state index in [2.05, 4.69) is 4.98 Å². The summed E-state index contributed by atoms with van der Waals surface area (Å²) in [6, 6.07) is 9.52. The summed E-state index contributed by atoms with van der Waals surface area (Å²) in [5, 5.41) is 0. The van der Waals surface area contributed by atoms with E-state index in [1.807, 2.05) is 82.6 Å². The fourth-order valence-electron chi connectivity index (χ4n) is 2.29. The van der Waals surface area contributed by atoms with Crippen molar-refractivity contribution < 1.29 is 14.3 Å². The molecule has 0 saturated heterocycles. The predicted octanol–water partition coefficient (Wildman–Crippen LogP) is 4.46. The van der Waals surface area contributed by atoms with Crippen LogP contribution in [-0.4, -0.2) is 21.6 Å². The minimum atomic E-state index is -0.588. The van der Waals surface area contributed by atoms with E-state index in [9.17, 15) is 4.79 Å². The van der Waals surface area contributed by atoms with Crippen molar-refractivity contribution in [3.63, 3.8) is 0 Å². The molecule has 5 heteroatoms. The summed E-state index contributed by atoms with van der Waals surface area (Å²) in [6.07, 6.45) is 4.17. The van der Waals surface area contributed by atoms with Crippen LogP contribution in [0.15, 0.2) is 49.1 Å². The number of carbonyl (C=O) groups is 1. The number of imidazole rings is 1. The van der Waals surface area contributed by atoms with Crippen LogP contribution in [0.25, 0.3) is 0 Å². The second-order valence-electron chi connectivity index (χ2n) is 8.27. The molecule has 0 aliphatic heterocycles. The Morgan fingerprint density at radius 1 is 1.08 bits per heavy atom. The van der Waals surface area contributed by atoms with Gasteiger partial charge in [0.1, 0.15) is 5.75 Å². The number of para-hydroxylation sites is 1. The van der Waals surface area contributed by atoms with E-state index in [1.54, 1.807) is 12.5 Å². The lowest BCUT2D eigenvalue weighted by atomic mass is 9.87. The van der Waals surface area contributed by atoms with Crippen LogP contribution in [0.2, 0.25) is 0 Å². The average Bonchev–Trinajstić information content (AvgIpc) is 3.03. The minimum absolute atomic E-state index is 0.255. The molecule has 0 aliphatic carbocycles. The van der Waals surface area contributed by atoms with Crippen molar-refractivity contribution in [2.45, 2.75) is 53.9 Å². The molecule has 1 aromatic carbocycles. The summed E-state index contributed by atoms with van der Waals surface area (Å²) in [7, 11) is 0. The zero-order valence-corrected chi connectivity index (χ0v) is 15.9. The Kier molecular flexibility index (Phi) is 5.55. The van der Waals surface area contributed by atoms with Gasteiger partial charge in [0.15, 0.2) is 6.10 Å². The molecule has 0 fully saturated rings. The molecule has 0 radical (unpaired) electrons. The Morgan fingerprint density at radius 2 is 1.72 bits per heavy atom. The molecule has 2 unspecified atom stereocenters. The second kappa shape index (κ2) is 7.30. The molecule has 0 bridgehead atoms. The quantitative estimate of drug-likeness (QED) is 0.751. The molecule has 1 heterocycles. The molecule has 136 valence electrons. The monoisotopic (exact) mass is 344 g/mol. The third-order valence-corrected chi connectivity index (χ3v) is 3.78. The van der Waals surface area contributed by atoms with E-state index in [4.69, 9.17) is 9.47 Å². The van der Waals surface area contributed by atoms with E-state index in [1.165, 1.54) is 0 Å². The normalized spacial score (nSPS) is 14.6. The molecule has 0 aliphatic rings. The first kappa shape index (κ1) is 19.0. The van der Waals surface area contributed by atoms with Crippen molar-refractivity contribution in [2.24, 2.45) is 10.8 Å². The molecule has 0 saturated carbocycles. The van der Waals surface area contributed by atoms with Crippen LogP contribution < -0.4 is 4.74 Å². The van der Waals surface area contributed by atoms with Gasteiger partial charge in [0.05, 0.1) is 11.7 Å². The Bertz CT molecular complexity index is 667. The van der Waals surface area contributed by atoms with Gasteiger partial charge in [-0.25, -0.2) is 4.98 Å². The fourth-order valence-corrected chi connectivity index (χ4v) is 2.29. The third kappa shape index (κ3) is 5.08. The van der Waals surface area contributed by atoms with Gasteiger partial charge in [-0.1, -0.05) is 39.0 Å². The summed E-state index contributed by atoms with van der Waals surface area (Å²) in [5.41, 5.74) is -0.916. The molecule has 0 amide bonds. The number of esters is 1. The van der Waals surface area contributed by atoms with Crippen LogP contribution in [0.4, 0.5) is 0 Å². The highest BCUT2D eigenvalue weighted by molar-refractivity contribution is 5.75. The number of benzene rings is 1. The Balaban J connectivity index is 2.38. The average molecular weight is 344 g/mol. The number of hydrogen-bond acceptors (Lipinski definition) is 4. The SMILES string of the molecule is CC(C)(C)C(=O)OC(C(Oc1ccccc1)n1ccnc1)C(C)(C)C. The summed E-state index contributed by atoms with van der Waals surface area (Å²) < 4.78 is 14.0. The molecule has 25 heavy (non-hydrogen) atoms. The number of nitrogens with zero attached hydrogens (tertiary/aromatic N) is 2. The number of carbonyl (C=O) groups excluding carboxylic acids is 1. The predicted molar refractivity (Wildman–Crippen MR) is 97.1 cm³/mol. The first-order valence-electron chi connectivity index (χ1n) is 8.49. The Labute approximate surface area is 150 Å². The number of hydrogen-bond donors (Lipinski definition) is 0. The minimum Gasteiger partial charge on any atom is -0.466 e. The maximum atomic E-state index is 12.5. The smallest absolute Gasteiger partial charge is 0.311 e. The highest BCUT2D eigenvalue weighted by Crippen LogP contribution is 2.34. The van der Waals surface area contributed by atoms with E-state index in [0.717, 1.165) is 0 Å². The Morgan fingerprint density at radius 3 is 2.20 bits per heavy atom. The molecule has 0 N–H and O–H groups in total. The van der Waals surface area contributed by atoms with Crippen LogP contribution in [0.5, 0.6) is 5.75 Å². The van der Waals surface area contributed by atoms with Gasteiger partial charge in [-0.3, -0.25) is 9.36 Å². The number of ether oxygens (including phenoxy) is 2. The largest absolute Gasteiger partial charge is 0.466 e. The summed E-state index contributed by atoms with van der Waals surface area (Å²) in [4.78, 5) is 16.7. The van der Waals surface area contributed by atoms with Gasteiger partial charge >= 0.3 is 5.97 Å². The molecule has 2 aromatic rings. The van der Waals surface area contributed by atoms with Gasteiger partial charge in [0, 0.05) is 17.8 Å². The van der Waals surface area contributed by atoms with Gasteiger partial charge in [-0.05, 0) is 32.9 Å². The molecule has 5 nitrogen and oxygen atoms in total. The highest BCUT2D eigenvalue weighted by atomic mass is 16.6. The number of aromatic nitrogens is 2. The lowest BCUT2D eigenvalue weighted by molar-refractivity contribution is -0.177. The molecule has 1 aromatic heterocycles. The van der Waals surface area contributed by atoms with Crippen molar-refractivity contribution in [1.82, 2.24) is 9.55 Å². The van der Waals surface area contributed by atoms with E-state index in [0.29, 0.717) is 5.75 Å². The van der Waals surface area contributed by atoms with Gasteiger partial charge < -0.3 is 9.47 Å². The maximum Gasteiger partial charge on any atom is 0.311 e. The van der Waals surface area contributed by atoms with Crippen LogP contribution in [0.1, 0.15) is 47.8 Å². The molecule has 0 spiro atoms. The standard InChI is InChI=1S/C20H28N2O3/c1-19(2,3)16(25-18(23)20(4,5)6)17(22-13-12-21-14-22)24-15-10-8-7-9-11-15/h7-14,16-17H,1-6H3. The second-order valence-corrected chi connectivity index (χ2v) is 8.27. The van der Waals surface area contributed by atoms with Crippen molar-refractivity contribution in [2.75, 3.05) is 0 Å². The zero-order chi connectivity index (χ0) is 18.7. The van der Waals surface area contributed by atoms with Crippen LogP contribution in [0, 0.1) is 10.8 Å².